The van der Waals surface area contributed by atoms with E-state index in [0.717, 1.165) is 17.5 Å². The molecule has 1 saturated heterocycles. The van der Waals surface area contributed by atoms with Crippen molar-refractivity contribution in [2.45, 2.75) is 45.6 Å². The van der Waals surface area contributed by atoms with E-state index in [0.29, 0.717) is 28.6 Å². The molecule has 1 aromatic carbocycles. The van der Waals surface area contributed by atoms with Gasteiger partial charge < -0.3 is 10.4 Å². The van der Waals surface area contributed by atoms with Gasteiger partial charge in [-0.2, -0.15) is 0 Å². The Labute approximate surface area is 174 Å². The second kappa shape index (κ2) is 10.4. The molecule has 1 aliphatic heterocycles. The lowest BCUT2D eigenvalue weighted by Gasteiger charge is -2.22. The van der Waals surface area contributed by atoms with Gasteiger partial charge in [-0.1, -0.05) is 54.7 Å². The average molecular weight is 421 g/mol. The Morgan fingerprint density at radius 1 is 1.29 bits per heavy atom. The summed E-state index contributed by atoms with van der Waals surface area (Å²) in [7, 11) is 0. The number of carbonyl (C=O) groups excluding carboxylic acids is 2. The number of aliphatic carboxylic acids is 1. The number of nitrogens with one attached hydrogen (secondary N) is 1. The Hall–Kier alpha value is -2.19. The fourth-order valence-electron chi connectivity index (χ4n) is 2.76. The first kappa shape index (κ1) is 22.1. The third-order valence-electron chi connectivity index (χ3n) is 4.43. The van der Waals surface area contributed by atoms with E-state index in [9.17, 15) is 14.4 Å². The number of aryl methyl sites for hydroxylation is 1. The SMILES string of the molecule is Cc1ccccc1/C=C1\SC(=S)N(C(C)C(=O)NCCCCCC(=O)O)C1=O. The van der Waals surface area contributed by atoms with Crippen LogP contribution in [0.5, 0.6) is 0 Å². The number of hydrogen-bond donors (Lipinski definition) is 2. The Bertz CT molecular complexity index is 807. The van der Waals surface area contributed by atoms with Crippen molar-refractivity contribution in [1.82, 2.24) is 10.2 Å². The highest BCUT2D eigenvalue weighted by molar-refractivity contribution is 8.26. The molecule has 1 fully saturated rings. The van der Waals surface area contributed by atoms with Gasteiger partial charge in [0.2, 0.25) is 5.91 Å². The van der Waals surface area contributed by atoms with Gasteiger partial charge in [0.15, 0.2) is 0 Å². The van der Waals surface area contributed by atoms with Gasteiger partial charge in [0, 0.05) is 13.0 Å². The molecule has 6 nitrogen and oxygen atoms in total. The monoisotopic (exact) mass is 420 g/mol. The number of benzene rings is 1. The molecule has 1 unspecified atom stereocenters. The van der Waals surface area contributed by atoms with E-state index >= 15 is 0 Å². The van der Waals surface area contributed by atoms with Crippen LogP contribution < -0.4 is 5.32 Å². The molecule has 150 valence electrons. The fraction of sp³-hybridized carbons (Fsp3) is 0.400. The van der Waals surface area contributed by atoms with Gasteiger partial charge in [0.05, 0.1) is 4.91 Å². The van der Waals surface area contributed by atoms with Crippen molar-refractivity contribution in [3.05, 3.63) is 40.3 Å². The van der Waals surface area contributed by atoms with Crippen molar-refractivity contribution in [1.29, 1.82) is 0 Å². The molecule has 2 amide bonds. The summed E-state index contributed by atoms with van der Waals surface area (Å²) in [6.07, 6.45) is 3.94. The Morgan fingerprint density at radius 3 is 2.68 bits per heavy atom. The number of carboxylic acid groups (broad SMARTS) is 1. The van der Waals surface area contributed by atoms with Crippen LogP contribution in [0, 0.1) is 6.92 Å². The van der Waals surface area contributed by atoms with Crippen LogP contribution >= 0.6 is 24.0 Å². The number of carbonyl (C=O) groups is 3. The molecule has 28 heavy (non-hydrogen) atoms. The lowest BCUT2D eigenvalue weighted by atomic mass is 10.1. The zero-order chi connectivity index (χ0) is 20.7. The quantitative estimate of drug-likeness (QED) is 0.362. The van der Waals surface area contributed by atoms with E-state index < -0.39 is 12.0 Å². The Balaban J connectivity index is 1.92. The summed E-state index contributed by atoms with van der Waals surface area (Å²) in [5, 5.41) is 11.4. The van der Waals surface area contributed by atoms with Crippen LogP contribution in [0.4, 0.5) is 0 Å². The molecule has 2 rings (SSSR count). The third-order valence-corrected chi connectivity index (χ3v) is 5.76. The molecule has 1 aliphatic rings. The summed E-state index contributed by atoms with van der Waals surface area (Å²) in [4.78, 5) is 37.5. The molecule has 0 aliphatic carbocycles. The summed E-state index contributed by atoms with van der Waals surface area (Å²) in [6.45, 7) is 4.07. The Morgan fingerprint density at radius 2 is 2.00 bits per heavy atom. The standard InChI is InChI=1S/C20H24N2O4S2/c1-13-8-5-6-9-15(13)12-16-19(26)22(20(27)28-16)14(2)18(25)21-11-7-3-4-10-17(23)24/h5-6,8-9,12,14H,3-4,7,10-11H2,1-2H3,(H,21,25)(H,23,24)/b16-12-. The minimum absolute atomic E-state index is 0.133. The third kappa shape index (κ3) is 5.90. The van der Waals surface area contributed by atoms with Crippen LogP contribution in [0.15, 0.2) is 29.2 Å². The number of thioether (sulfide) groups is 1. The predicted octanol–water partition coefficient (Wildman–Crippen LogP) is 3.35. The van der Waals surface area contributed by atoms with E-state index in [4.69, 9.17) is 17.3 Å². The highest BCUT2D eigenvalue weighted by Gasteiger charge is 2.38. The molecule has 0 aromatic heterocycles. The first-order chi connectivity index (χ1) is 13.3. The second-order valence-electron chi connectivity index (χ2n) is 6.58. The minimum atomic E-state index is -0.814. The lowest BCUT2D eigenvalue weighted by molar-refractivity contribution is -0.137. The first-order valence-electron chi connectivity index (χ1n) is 9.13. The normalized spacial score (nSPS) is 16.5. The van der Waals surface area contributed by atoms with Crippen molar-refractivity contribution in [3.63, 3.8) is 0 Å². The number of carboxylic acids is 1. The maximum atomic E-state index is 12.8. The Kier molecular flexibility index (Phi) is 8.19. The topological polar surface area (TPSA) is 86.7 Å². The van der Waals surface area contributed by atoms with E-state index in [-0.39, 0.29) is 18.2 Å². The number of thiocarbonyl (C=S) groups is 1. The van der Waals surface area contributed by atoms with Crippen molar-refractivity contribution >= 4 is 52.2 Å². The van der Waals surface area contributed by atoms with Gasteiger partial charge in [-0.15, -0.1) is 0 Å². The van der Waals surface area contributed by atoms with Crippen molar-refractivity contribution in [2.24, 2.45) is 0 Å². The van der Waals surface area contributed by atoms with Crippen LogP contribution in [0.25, 0.3) is 6.08 Å². The van der Waals surface area contributed by atoms with Gasteiger partial charge in [0.25, 0.3) is 5.91 Å². The summed E-state index contributed by atoms with van der Waals surface area (Å²) in [6, 6.07) is 7.05. The number of unbranched alkanes of at least 4 members (excludes halogenated alkanes) is 2. The van der Waals surface area contributed by atoms with Crippen molar-refractivity contribution in [2.75, 3.05) is 6.54 Å². The van der Waals surface area contributed by atoms with E-state index in [1.54, 1.807) is 6.92 Å². The summed E-state index contributed by atoms with van der Waals surface area (Å²) < 4.78 is 0.369. The van der Waals surface area contributed by atoms with Crippen molar-refractivity contribution in [3.8, 4) is 0 Å². The molecule has 8 heteroatoms. The van der Waals surface area contributed by atoms with Crippen molar-refractivity contribution < 1.29 is 19.5 Å². The second-order valence-corrected chi connectivity index (χ2v) is 8.26. The maximum Gasteiger partial charge on any atom is 0.303 e. The molecule has 0 radical (unpaired) electrons. The molecule has 0 saturated carbocycles. The van der Waals surface area contributed by atoms with Gasteiger partial charge in [-0.05, 0) is 43.9 Å². The van der Waals surface area contributed by atoms with Gasteiger partial charge in [0.1, 0.15) is 10.4 Å². The van der Waals surface area contributed by atoms with E-state index in [2.05, 4.69) is 5.32 Å². The number of hydrogen-bond acceptors (Lipinski definition) is 5. The summed E-state index contributed by atoms with van der Waals surface area (Å²) >= 11 is 6.53. The highest BCUT2D eigenvalue weighted by Crippen LogP contribution is 2.34. The number of rotatable bonds is 9. The maximum absolute atomic E-state index is 12.8. The molecular weight excluding hydrogens is 396 g/mol. The summed E-state index contributed by atoms with van der Waals surface area (Å²) in [5.74, 6) is -1.35. The van der Waals surface area contributed by atoms with E-state index in [1.165, 1.54) is 16.7 Å². The van der Waals surface area contributed by atoms with Crippen LogP contribution in [0.2, 0.25) is 0 Å². The van der Waals surface area contributed by atoms with Gasteiger partial charge in [-0.25, -0.2) is 0 Å². The largest absolute Gasteiger partial charge is 0.481 e. The average Bonchev–Trinajstić information content (AvgIpc) is 2.92. The number of amides is 2. The zero-order valence-electron chi connectivity index (χ0n) is 15.9. The fourth-order valence-corrected chi connectivity index (χ4v) is 4.17. The summed E-state index contributed by atoms with van der Waals surface area (Å²) in [5.41, 5.74) is 2.00. The molecule has 1 aromatic rings. The van der Waals surface area contributed by atoms with Crippen LogP contribution in [0.3, 0.4) is 0 Å². The smallest absolute Gasteiger partial charge is 0.303 e. The van der Waals surface area contributed by atoms with Crippen LogP contribution in [-0.2, 0) is 14.4 Å². The highest BCUT2D eigenvalue weighted by atomic mass is 32.2. The molecule has 0 bridgehead atoms. The molecule has 0 spiro atoms. The molecule has 1 heterocycles. The zero-order valence-corrected chi connectivity index (χ0v) is 17.6. The first-order valence-corrected chi connectivity index (χ1v) is 10.4. The molecule has 2 N–H and O–H groups in total. The lowest BCUT2D eigenvalue weighted by Crippen LogP contribution is -2.47. The minimum Gasteiger partial charge on any atom is -0.481 e. The van der Waals surface area contributed by atoms with Crippen LogP contribution in [0.1, 0.15) is 43.7 Å². The van der Waals surface area contributed by atoms with E-state index in [1.807, 2.05) is 37.3 Å². The molecular formula is C20H24N2O4S2. The van der Waals surface area contributed by atoms with Gasteiger partial charge in [-0.3, -0.25) is 19.3 Å². The number of nitrogens with zero attached hydrogens (tertiary/aromatic N) is 1. The van der Waals surface area contributed by atoms with Gasteiger partial charge >= 0.3 is 5.97 Å². The molecule has 1 atom stereocenters. The van der Waals surface area contributed by atoms with Crippen LogP contribution in [-0.4, -0.2) is 44.7 Å². The predicted molar refractivity (Wildman–Crippen MR) is 115 cm³/mol.